The molecule has 0 heterocycles. The first-order valence-corrected chi connectivity index (χ1v) is 15.6. The second-order valence-corrected chi connectivity index (χ2v) is 10.7. The van der Waals surface area contributed by atoms with Crippen molar-refractivity contribution in [3.05, 3.63) is 42.5 Å². The van der Waals surface area contributed by atoms with Gasteiger partial charge in [-0.2, -0.15) is 0 Å². The molecule has 0 bridgehead atoms. The summed E-state index contributed by atoms with van der Waals surface area (Å²) in [7, 11) is -4.44. The van der Waals surface area contributed by atoms with Crippen LogP contribution in [-0.2, 0) is 23.3 Å². The lowest BCUT2D eigenvalue weighted by Crippen LogP contribution is -2.24. The van der Waals surface area contributed by atoms with Crippen molar-refractivity contribution in [2.24, 2.45) is 0 Å². The molecular weight excluding hydrogens is 507 g/mol. The molecule has 2 aromatic carbocycles. The van der Waals surface area contributed by atoms with Crippen LogP contribution >= 0.6 is 7.82 Å². The fraction of sp³-hybridized carbons (Fsp3) is 0.655. The number of unbranched alkanes of at least 4 members (excludes halogenated alkanes) is 8. The fourth-order valence-corrected chi connectivity index (χ4v) is 4.52. The summed E-state index contributed by atoms with van der Waals surface area (Å²) in [6.45, 7) is 4.25. The maximum atomic E-state index is 10.6. The van der Waals surface area contributed by atoms with Crippen molar-refractivity contribution in [3.63, 3.8) is 0 Å². The van der Waals surface area contributed by atoms with E-state index in [9.17, 15) is 4.57 Å². The molecule has 0 aliphatic carbocycles. The van der Waals surface area contributed by atoms with Crippen LogP contribution in [0.4, 0.5) is 0 Å². The molecule has 0 aliphatic heterocycles. The number of fused-ring (bicyclic) bond motifs is 1. The van der Waals surface area contributed by atoms with Gasteiger partial charge in [0, 0.05) is 5.39 Å². The molecule has 9 heteroatoms. The summed E-state index contributed by atoms with van der Waals surface area (Å²) in [6, 6.07) is 14.4. The van der Waals surface area contributed by atoms with E-state index in [-0.39, 0.29) is 19.3 Å². The van der Waals surface area contributed by atoms with Crippen LogP contribution in [0.15, 0.2) is 42.5 Å². The van der Waals surface area contributed by atoms with Gasteiger partial charge in [0.15, 0.2) is 0 Å². The molecule has 0 amide bonds. The quantitative estimate of drug-likeness (QED) is 0.110. The normalized spacial score (nSPS) is 12.7. The number of hydrogen-bond acceptors (Lipinski definition) is 6. The minimum Gasteiger partial charge on any atom is -0.487 e. The highest BCUT2D eigenvalue weighted by Crippen LogP contribution is 2.35. The Morgan fingerprint density at radius 1 is 0.711 bits per heavy atom. The number of phosphoric ester groups is 1. The summed E-state index contributed by atoms with van der Waals surface area (Å²) in [5.74, 6) is 0.892. The number of ether oxygens (including phenoxy) is 4. The van der Waals surface area contributed by atoms with Gasteiger partial charge >= 0.3 is 7.82 Å². The van der Waals surface area contributed by atoms with Gasteiger partial charge in [-0.15, -0.1) is 0 Å². The van der Waals surface area contributed by atoms with Crippen molar-refractivity contribution >= 4 is 18.6 Å². The number of hydrogen-bond donors (Lipinski definition) is 2. The van der Waals surface area contributed by atoms with Crippen molar-refractivity contribution < 1.29 is 37.8 Å². The molecule has 8 nitrogen and oxygen atoms in total. The summed E-state index contributed by atoms with van der Waals surface area (Å²) in [5.41, 5.74) is 0. The molecule has 2 aromatic rings. The smallest absolute Gasteiger partial charge is 0.469 e. The molecular formula is C29H47O8P. The third-order valence-electron chi connectivity index (χ3n) is 6.21. The van der Waals surface area contributed by atoms with Crippen molar-refractivity contribution in [1.29, 1.82) is 0 Å². The first kappa shape index (κ1) is 32.7. The first-order valence-electron chi connectivity index (χ1n) is 14.1. The zero-order valence-corrected chi connectivity index (χ0v) is 23.8. The van der Waals surface area contributed by atoms with Gasteiger partial charge in [0.2, 0.25) is 0 Å². The lowest BCUT2D eigenvalue weighted by Gasteiger charge is -2.20. The average molecular weight is 555 g/mol. The molecule has 2 rings (SSSR count). The van der Waals surface area contributed by atoms with Gasteiger partial charge in [-0.3, -0.25) is 4.52 Å². The van der Waals surface area contributed by atoms with Gasteiger partial charge in [0.25, 0.3) is 0 Å². The Balaban J connectivity index is 1.67. The van der Waals surface area contributed by atoms with Crippen LogP contribution in [0.3, 0.4) is 0 Å². The Labute approximate surface area is 228 Å². The lowest BCUT2D eigenvalue weighted by atomic mass is 10.0. The summed E-state index contributed by atoms with van der Waals surface area (Å²) < 4.78 is 38.0. The van der Waals surface area contributed by atoms with Crippen LogP contribution in [0.1, 0.15) is 71.1 Å². The van der Waals surface area contributed by atoms with Crippen molar-refractivity contribution in [2.45, 2.75) is 77.2 Å². The van der Waals surface area contributed by atoms with Gasteiger partial charge in [-0.25, -0.2) is 4.57 Å². The minimum absolute atomic E-state index is 0.0253. The number of benzene rings is 2. The monoisotopic (exact) mass is 554 g/mol. The van der Waals surface area contributed by atoms with Crippen LogP contribution in [-0.4, -0.2) is 62.1 Å². The van der Waals surface area contributed by atoms with E-state index in [0.29, 0.717) is 33.0 Å². The van der Waals surface area contributed by atoms with E-state index in [1.807, 2.05) is 24.3 Å². The molecule has 0 aromatic heterocycles. The molecule has 0 radical (unpaired) electrons. The van der Waals surface area contributed by atoms with Gasteiger partial charge < -0.3 is 28.7 Å². The van der Waals surface area contributed by atoms with Gasteiger partial charge in [-0.05, 0) is 24.3 Å². The van der Waals surface area contributed by atoms with Crippen LogP contribution in [0.2, 0.25) is 0 Å². The molecule has 0 fully saturated rings. The summed E-state index contributed by atoms with van der Waals surface area (Å²) >= 11 is 0. The van der Waals surface area contributed by atoms with Crippen LogP contribution in [0.25, 0.3) is 10.8 Å². The summed E-state index contributed by atoms with van der Waals surface area (Å²) in [6.07, 6.45) is 12.5. The first-order chi connectivity index (χ1) is 18.5. The maximum Gasteiger partial charge on any atom is 0.469 e. The Morgan fingerprint density at radius 2 is 1.29 bits per heavy atom. The molecule has 2 N–H and O–H groups in total. The molecule has 0 saturated heterocycles. The summed E-state index contributed by atoms with van der Waals surface area (Å²) in [5, 5.41) is 2.28. The highest BCUT2D eigenvalue weighted by Gasteiger charge is 2.14. The molecule has 1 unspecified atom stereocenters. The second kappa shape index (κ2) is 20.4. The van der Waals surface area contributed by atoms with E-state index in [1.54, 1.807) is 0 Å². The molecule has 0 spiro atoms. The Hall–Kier alpha value is -1.51. The average Bonchev–Trinajstić information content (AvgIpc) is 2.90. The van der Waals surface area contributed by atoms with E-state index in [2.05, 4.69) is 29.6 Å². The van der Waals surface area contributed by atoms with Crippen molar-refractivity contribution in [2.75, 3.05) is 46.2 Å². The standard InChI is InChI=1S/C29H47O8P/c1-2-3-4-5-6-7-8-9-10-16-27(37-29-18-13-15-26-14-11-12-17-28(26)29)25-35-22-21-33-19-20-34-23-24-36-38(30,31)32/h11-15,17-18,27H,2-10,16,19-25H2,1H3,(H2,30,31,32). The topological polar surface area (TPSA) is 104 Å². The van der Waals surface area contributed by atoms with Gasteiger partial charge in [0.05, 0.1) is 46.2 Å². The largest absolute Gasteiger partial charge is 0.487 e. The van der Waals surface area contributed by atoms with E-state index in [0.717, 1.165) is 29.4 Å². The van der Waals surface area contributed by atoms with E-state index < -0.39 is 7.82 Å². The van der Waals surface area contributed by atoms with Crippen LogP contribution in [0.5, 0.6) is 5.75 Å². The zero-order chi connectivity index (χ0) is 27.3. The Bertz CT molecular complexity index is 898. The second-order valence-electron chi connectivity index (χ2n) is 9.46. The molecule has 216 valence electrons. The highest BCUT2D eigenvalue weighted by atomic mass is 31.2. The van der Waals surface area contributed by atoms with Crippen LogP contribution in [0, 0.1) is 0 Å². The lowest BCUT2D eigenvalue weighted by molar-refractivity contribution is -0.00935. The molecule has 0 aliphatic rings. The fourth-order valence-electron chi connectivity index (χ4n) is 4.21. The van der Waals surface area contributed by atoms with Crippen LogP contribution < -0.4 is 4.74 Å². The van der Waals surface area contributed by atoms with E-state index in [1.165, 1.54) is 51.4 Å². The third kappa shape index (κ3) is 15.8. The van der Waals surface area contributed by atoms with E-state index in [4.69, 9.17) is 28.7 Å². The van der Waals surface area contributed by atoms with Gasteiger partial charge in [-0.1, -0.05) is 94.7 Å². The molecule has 0 saturated carbocycles. The predicted molar refractivity (Wildman–Crippen MR) is 151 cm³/mol. The predicted octanol–water partition coefficient (Wildman–Crippen LogP) is 6.67. The zero-order valence-electron chi connectivity index (χ0n) is 22.9. The maximum absolute atomic E-state index is 10.6. The van der Waals surface area contributed by atoms with Crippen molar-refractivity contribution in [3.8, 4) is 5.75 Å². The van der Waals surface area contributed by atoms with E-state index >= 15 is 0 Å². The Kier molecular flexibility index (Phi) is 17.6. The number of rotatable bonds is 24. The highest BCUT2D eigenvalue weighted by molar-refractivity contribution is 7.46. The molecule has 1 atom stereocenters. The number of phosphoric acid groups is 1. The Morgan fingerprint density at radius 3 is 1.97 bits per heavy atom. The SMILES string of the molecule is CCCCCCCCCCCC(COCCOCCOCCOP(=O)(O)O)Oc1cccc2ccccc12. The molecule has 38 heavy (non-hydrogen) atoms. The third-order valence-corrected chi connectivity index (χ3v) is 6.73. The van der Waals surface area contributed by atoms with Gasteiger partial charge in [0.1, 0.15) is 11.9 Å². The van der Waals surface area contributed by atoms with Crippen molar-refractivity contribution in [1.82, 2.24) is 0 Å². The minimum atomic E-state index is -4.44. The summed E-state index contributed by atoms with van der Waals surface area (Å²) in [4.78, 5) is 17.2.